The van der Waals surface area contributed by atoms with Crippen LogP contribution in [0.25, 0.3) is 0 Å². The van der Waals surface area contributed by atoms with Gasteiger partial charge in [-0.15, -0.1) is 11.8 Å². The van der Waals surface area contributed by atoms with Crippen molar-refractivity contribution in [3.63, 3.8) is 0 Å². The summed E-state index contributed by atoms with van der Waals surface area (Å²) in [5.41, 5.74) is 1.01. The lowest BCUT2D eigenvalue weighted by Gasteiger charge is -2.20. The molecule has 17 heavy (non-hydrogen) atoms. The number of carbonyl (C=O) groups is 1. The minimum Gasteiger partial charge on any atom is -0.480 e. The molecule has 0 radical (unpaired) electrons. The lowest BCUT2D eigenvalue weighted by molar-refractivity contribution is -0.139. The van der Waals surface area contributed by atoms with Crippen LogP contribution in [0.5, 0.6) is 0 Å². The Bertz CT molecular complexity index is 450. The third kappa shape index (κ3) is 2.59. The molecule has 0 saturated carbocycles. The van der Waals surface area contributed by atoms with Crippen molar-refractivity contribution in [1.29, 1.82) is 0 Å². The van der Waals surface area contributed by atoms with Crippen molar-refractivity contribution in [3.8, 4) is 0 Å². The average molecular weight is 272 g/mol. The molecule has 3 nitrogen and oxygen atoms in total. The van der Waals surface area contributed by atoms with Crippen molar-refractivity contribution in [2.24, 2.45) is 0 Å². The summed E-state index contributed by atoms with van der Waals surface area (Å²) in [5, 5.41) is 12.9. The van der Waals surface area contributed by atoms with Crippen LogP contribution >= 0.6 is 23.4 Å². The average Bonchev–Trinajstić information content (AvgIpc) is 2.54. The van der Waals surface area contributed by atoms with Gasteiger partial charge in [-0.3, -0.25) is 10.1 Å². The smallest absolute Gasteiger partial charge is 0.322 e. The molecule has 1 fully saturated rings. The summed E-state index contributed by atoms with van der Waals surface area (Å²) >= 11 is 7.56. The highest BCUT2D eigenvalue weighted by Crippen LogP contribution is 2.45. The van der Waals surface area contributed by atoms with Crippen LogP contribution in [0.1, 0.15) is 24.8 Å². The second-order valence-electron chi connectivity index (χ2n) is 4.59. The standard InChI is InChI=1S/C12H14ClNO2S/c1-12(2)9(11(15)16)14-10(17-12)7-4-3-5-8(13)6-7/h3-6,9-10,14H,1-2H3,(H,15,16). The summed E-state index contributed by atoms with van der Waals surface area (Å²) in [6.07, 6.45) is 0. The molecule has 92 valence electrons. The molecule has 2 atom stereocenters. The predicted molar refractivity (Wildman–Crippen MR) is 70.4 cm³/mol. The van der Waals surface area contributed by atoms with Gasteiger partial charge in [0.05, 0.1) is 5.37 Å². The van der Waals surface area contributed by atoms with Gasteiger partial charge in [-0.05, 0) is 31.5 Å². The van der Waals surface area contributed by atoms with E-state index in [-0.39, 0.29) is 10.1 Å². The summed E-state index contributed by atoms with van der Waals surface area (Å²) in [6, 6.07) is 6.96. The Morgan fingerprint density at radius 1 is 1.53 bits per heavy atom. The third-order valence-corrected chi connectivity index (χ3v) is 4.56. The maximum absolute atomic E-state index is 11.2. The third-order valence-electron chi connectivity index (χ3n) is 2.83. The van der Waals surface area contributed by atoms with E-state index in [2.05, 4.69) is 5.32 Å². The second kappa shape index (κ2) is 4.52. The fraction of sp³-hybridized carbons (Fsp3) is 0.417. The van der Waals surface area contributed by atoms with E-state index in [1.807, 2.05) is 38.1 Å². The number of rotatable bonds is 2. The Morgan fingerprint density at radius 2 is 2.24 bits per heavy atom. The van der Waals surface area contributed by atoms with Gasteiger partial charge in [0.15, 0.2) is 0 Å². The van der Waals surface area contributed by atoms with Crippen LogP contribution in [-0.2, 0) is 4.79 Å². The van der Waals surface area contributed by atoms with E-state index < -0.39 is 12.0 Å². The van der Waals surface area contributed by atoms with Crippen LogP contribution in [0.4, 0.5) is 0 Å². The molecule has 1 heterocycles. The van der Waals surface area contributed by atoms with E-state index in [4.69, 9.17) is 16.7 Å². The van der Waals surface area contributed by atoms with Gasteiger partial charge in [-0.1, -0.05) is 23.7 Å². The number of carboxylic acid groups (broad SMARTS) is 1. The molecule has 1 aromatic carbocycles. The molecule has 0 aliphatic carbocycles. The van der Waals surface area contributed by atoms with E-state index in [0.29, 0.717) is 5.02 Å². The van der Waals surface area contributed by atoms with E-state index in [9.17, 15) is 4.79 Å². The molecule has 1 aromatic rings. The van der Waals surface area contributed by atoms with E-state index in [1.165, 1.54) is 0 Å². The summed E-state index contributed by atoms with van der Waals surface area (Å²) in [6.45, 7) is 3.88. The second-order valence-corrected chi connectivity index (χ2v) is 6.79. The monoisotopic (exact) mass is 271 g/mol. The summed E-state index contributed by atoms with van der Waals surface area (Å²) in [7, 11) is 0. The normalized spacial score (nSPS) is 27.0. The zero-order valence-corrected chi connectivity index (χ0v) is 11.2. The SMILES string of the molecule is CC1(C)SC(c2cccc(Cl)c2)NC1C(=O)O. The zero-order chi connectivity index (χ0) is 12.6. The number of hydrogen-bond acceptors (Lipinski definition) is 3. The van der Waals surface area contributed by atoms with Gasteiger partial charge in [0.2, 0.25) is 0 Å². The molecular formula is C12H14ClNO2S. The minimum absolute atomic E-state index is 0.0233. The number of benzene rings is 1. The largest absolute Gasteiger partial charge is 0.480 e. The Kier molecular flexibility index (Phi) is 3.39. The Labute approximate surface area is 110 Å². The Morgan fingerprint density at radius 3 is 2.76 bits per heavy atom. The lowest BCUT2D eigenvalue weighted by atomic mass is 10.0. The van der Waals surface area contributed by atoms with Crippen LogP contribution in [0.15, 0.2) is 24.3 Å². The number of nitrogens with one attached hydrogen (secondary N) is 1. The quantitative estimate of drug-likeness (QED) is 0.868. The maximum atomic E-state index is 11.2. The molecule has 1 saturated heterocycles. The van der Waals surface area contributed by atoms with Crippen LogP contribution in [-0.4, -0.2) is 21.9 Å². The van der Waals surface area contributed by atoms with Gasteiger partial charge in [-0.2, -0.15) is 0 Å². The first-order valence-electron chi connectivity index (χ1n) is 5.32. The van der Waals surface area contributed by atoms with E-state index in [1.54, 1.807) is 11.8 Å². The predicted octanol–water partition coefficient (Wildman–Crippen LogP) is 2.91. The summed E-state index contributed by atoms with van der Waals surface area (Å²) in [5.74, 6) is -0.813. The molecule has 0 amide bonds. The van der Waals surface area contributed by atoms with Gasteiger partial charge < -0.3 is 5.11 Å². The van der Waals surface area contributed by atoms with Crippen LogP contribution in [0, 0.1) is 0 Å². The minimum atomic E-state index is -0.813. The van der Waals surface area contributed by atoms with E-state index in [0.717, 1.165) is 5.56 Å². The summed E-state index contributed by atoms with van der Waals surface area (Å²) in [4.78, 5) is 11.2. The van der Waals surface area contributed by atoms with Gasteiger partial charge in [-0.25, -0.2) is 0 Å². The topological polar surface area (TPSA) is 49.3 Å². The molecule has 0 spiro atoms. The molecular weight excluding hydrogens is 258 g/mol. The highest BCUT2D eigenvalue weighted by Gasteiger charge is 2.45. The highest BCUT2D eigenvalue weighted by molar-refractivity contribution is 8.01. The number of aliphatic carboxylic acids is 1. The number of halogens is 1. The number of thioether (sulfide) groups is 1. The van der Waals surface area contributed by atoms with Crippen LogP contribution < -0.4 is 5.32 Å². The maximum Gasteiger partial charge on any atom is 0.322 e. The van der Waals surface area contributed by atoms with Gasteiger partial charge in [0, 0.05) is 9.77 Å². The molecule has 1 aliphatic heterocycles. The van der Waals surface area contributed by atoms with Crippen LogP contribution in [0.2, 0.25) is 5.02 Å². The highest BCUT2D eigenvalue weighted by atomic mass is 35.5. The fourth-order valence-electron chi connectivity index (χ4n) is 1.96. The lowest BCUT2D eigenvalue weighted by Crippen LogP contribution is -2.43. The first-order chi connectivity index (χ1) is 7.90. The molecule has 2 N–H and O–H groups in total. The Balaban J connectivity index is 2.24. The van der Waals surface area contributed by atoms with Crippen molar-refractivity contribution < 1.29 is 9.90 Å². The van der Waals surface area contributed by atoms with Crippen molar-refractivity contribution in [2.75, 3.05) is 0 Å². The first-order valence-corrected chi connectivity index (χ1v) is 6.58. The van der Waals surface area contributed by atoms with Crippen molar-refractivity contribution >= 4 is 29.3 Å². The number of hydrogen-bond donors (Lipinski definition) is 2. The van der Waals surface area contributed by atoms with Crippen molar-refractivity contribution in [3.05, 3.63) is 34.9 Å². The van der Waals surface area contributed by atoms with Crippen molar-refractivity contribution in [2.45, 2.75) is 30.0 Å². The zero-order valence-electron chi connectivity index (χ0n) is 9.61. The van der Waals surface area contributed by atoms with Crippen LogP contribution in [0.3, 0.4) is 0 Å². The molecule has 2 unspecified atom stereocenters. The molecule has 1 aliphatic rings. The molecule has 0 bridgehead atoms. The fourth-order valence-corrected chi connectivity index (χ4v) is 3.56. The molecule has 0 aromatic heterocycles. The Hall–Kier alpha value is -0.710. The molecule has 2 rings (SSSR count). The van der Waals surface area contributed by atoms with E-state index >= 15 is 0 Å². The summed E-state index contributed by atoms with van der Waals surface area (Å²) < 4.78 is -0.335. The van der Waals surface area contributed by atoms with Crippen molar-refractivity contribution in [1.82, 2.24) is 5.32 Å². The molecule has 5 heteroatoms. The van der Waals surface area contributed by atoms with Gasteiger partial charge in [0.25, 0.3) is 0 Å². The number of carboxylic acids is 1. The van der Waals surface area contributed by atoms with Gasteiger partial charge in [0.1, 0.15) is 6.04 Å². The first kappa shape index (κ1) is 12.7. The van der Waals surface area contributed by atoms with Gasteiger partial charge >= 0.3 is 5.97 Å².